The zero-order valence-corrected chi connectivity index (χ0v) is 10.2. The van der Waals surface area contributed by atoms with Gasteiger partial charge in [-0.05, 0) is 24.7 Å². The molecule has 90 valence electrons. The number of fused-ring (bicyclic) bond motifs is 1. The van der Waals surface area contributed by atoms with Crippen LogP contribution in [0.15, 0.2) is 12.7 Å². The highest BCUT2D eigenvalue weighted by molar-refractivity contribution is 6.17. The molecular formula is C11H14ClN5. The zero-order chi connectivity index (χ0) is 11.7. The molecular weight excluding hydrogens is 238 g/mol. The summed E-state index contributed by atoms with van der Waals surface area (Å²) in [7, 11) is 0. The molecule has 3 rings (SSSR count). The van der Waals surface area contributed by atoms with Gasteiger partial charge in [0.25, 0.3) is 0 Å². The molecule has 0 spiro atoms. The third-order valence-corrected chi connectivity index (χ3v) is 3.62. The first-order chi connectivity index (χ1) is 8.33. The highest BCUT2D eigenvalue weighted by Gasteiger charge is 2.41. The Kier molecular flexibility index (Phi) is 2.63. The van der Waals surface area contributed by atoms with E-state index in [1.54, 1.807) is 6.33 Å². The maximum atomic E-state index is 5.82. The maximum Gasteiger partial charge on any atom is 0.182 e. The summed E-state index contributed by atoms with van der Waals surface area (Å²) >= 11 is 5.82. The second-order valence-corrected chi connectivity index (χ2v) is 4.99. The predicted molar refractivity (Wildman–Crippen MR) is 67.2 cm³/mol. The van der Waals surface area contributed by atoms with Crippen LogP contribution >= 0.6 is 11.6 Å². The van der Waals surface area contributed by atoms with E-state index in [-0.39, 0.29) is 0 Å². The Hall–Kier alpha value is -1.36. The summed E-state index contributed by atoms with van der Waals surface area (Å²) in [5.41, 5.74) is 1.96. The zero-order valence-electron chi connectivity index (χ0n) is 9.41. The molecule has 2 N–H and O–H groups in total. The molecule has 2 aromatic heterocycles. The Morgan fingerprint density at radius 3 is 3.00 bits per heavy atom. The summed E-state index contributed by atoms with van der Waals surface area (Å²) in [5, 5.41) is 3.38. The van der Waals surface area contributed by atoms with Gasteiger partial charge in [-0.15, -0.1) is 11.6 Å². The van der Waals surface area contributed by atoms with E-state index < -0.39 is 0 Å². The van der Waals surface area contributed by atoms with Gasteiger partial charge in [0.2, 0.25) is 0 Å². The fourth-order valence-corrected chi connectivity index (χ4v) is 2.46. The average molecular weight is 252 g/mol. The maximum absolute atomic E-state index is 5.82. The van der Waals surface area contributed by atoms with Crippen LogP contribution < -0.4 is 5.32 Å². The van der Waals surface area contributed by atoms with E-state index in [1.165, 1.54) is 19.2 Å². The minimum absolute atomic E-state index is 0.388. The Bertz CT molecular complexity index is 519. The van der Waals surface area contributed by atoms with Crippen molar-refractivity contribution in [2.45, 2.75) is 19.3 Å². The van der Waals surface area contributed by atoms with Crippen molar-refractivity contribution < 1.29 is 0 Å². The molecule has 0 unspecified atom stereocenters. The van der Waals surface area contributed by atoms with Gasteiger partial charge in [0.1, 0.15) is 11.8 Å². The van der Waals surface area contributed by atoms with Gasteiger partial charge in [-0.3, -0.25) is 0 Å². The molecule has 2 aromatic rings. The van der Waals surface area contributed by atoms with E-state index in [4.69, 9.17) is 11.6 Å². The molecule has 0 aromatic carbocycles. The lowest BCUT2D eigenvalue weighted by Crippen LogP contribution is -2.16. The van der Waals surface area contributed by atoms with Gasteiger partial charge in [0.15, 0.2) is 11.5 Å². The number of aromatic amines is 1. The molecule has 5 nitrogen and oxygen atoms in total. The summed E-state index contributed by atoms with van der Waals surface area (Å²) < 4.78 is 0. The summed E-state index contributed by atoms with van der Waals surface area (Å²) in [6.07, 6.45) is 6.75. The summed E-state index contributed by atoms with van der Waals surface area (Å²) in [5.74, 6) is 1.55. The van der Waals surface area contributed by atoms with Gasteiger partial charge < -0.3 is 10.3 Å². The van der Waals surface area contributed by atoms with Crippen LogP contribution in [0.1, 0.15) is 19.3 Å². The van der Waals surface area contributed by atoms with E-state index in [1.807, 2.05) is 0 Å². The van der Waals surface area contributed by atoms with Crippen molar-refractivity contribution in [3.8, 4) is 0 Å². The van der Waals surface area contributed by atoms with Crippen LogP contribution in [0.4, 0.5) is 5.82 Å². The first-order valence-corrected chi connectivity index (χ1v) is 6.30. The smallest absolute Gasteiger partial charge is 0.182 e. The number of halogens is 1. The Labute approximate surface area is 104 Å². The van der Waals surface area contributed by atoms with Crippen LogP contribution in [-0.2, 0) is 0 Å². The highest BCUT2D eigenvalue weighted by atomic mass is 35.5. The van der Waals surface area contributed by atoms with Crippen molar-refractivity contribution in [3.63, 3.8) is 0 Å². The first-order valence-electron chi connectivity index (χ1n) is 5.77. The molecule has 6 heteroatoms. The van der Waals surface area contributed by atoms with Gasteiger partial charge in [-0.2, -0.15) is 0 Å². The number of nitrogens with one attached hydrogen (secondary N) is 2. The summed E-state index contributed by atoms with van der Waals surface area (Å²) in [6, 6.07) is 0. The second-order valence-electron chi connectivity index (χ2n) is 4.62. The number of H-pyrrole nitrogens is 1. The molecule has 0 amide bonds. The van der Waals surface area contributed by atoms with E-state index in [9.17, 15) is 0 Å². The number of imidazole rings is 1. The molecule has 0 aliphatic heterocycles. The van der Waals surface area contributed by atoms with Crippen molar-refractivity contribution >= 4 is 28.6 Å². The third kappa shape index (κ3) is 2.07. The van der Waals surface area contributed by atoms with Crippen molar-refractivity contribution in [3.05, 3.63) is 12.7 Å². The predicted octanol–water partition coefficient (Wildman–Crippen LogP) is 2.17. The lowest BCUT2D eigenvalue weighted by Gasteiger charge is -2.14. The molecule has 2 heterocycles. The molecule has 0 atom stereocenters. The van der Waals surface area contributed by atoms with E-state index in [2.05, 4.69) is 25.3 Å². The van der Waals surface area contributed by atoms with E-state index >= 15 is 0 Å². The molecule has 1 saturated carbocycles. The van der Waals surface area contributed by atoms with E-state index in [0.29, 0.717) is 11.1 Å². The van der Waals surface area contributed by atoms with Crippen LogP contribution in [0, 0.1) is 5.41 Å². The molecule has 1 aliphatic carbocycles. The molecule has 0 saturated heterocycles. The standard InChI is InChI=1S/C11H14ClN5/c12-4-3-11(1-2-11)5-13-9-8-10(15-6-14-8)17-7-16-9/h6-7H,1-5H2,(H2,13,14,15,16,17). The van der Waals surface area contributed by atoms with Crippen molar-refractivity contribution in [2.24, 2.45) is 5.41 Å². The lowest BCUT2D eigenvalue weighted by molar-refractivity contribution is 0.524. The average Bonchev–Trinajstić information content (AvgIpc) is 2.92. The van der Waals surface area contributed by atoms with Crippen LogP contribution in [0.5, 0.6) is 0 Å². The van der Waals surface area contributed by atoms with E-state index in [0.717, 1.165) is 30.2 Å². The number of hydrogen-bond acceptors (Lipinski definition) is 4. The van der Waals surface area contributed by atoms with Crippen LogP contribution in [0.2, 0.25) is 0 Å². The van der Waals surface area contributed by atoms with Gasteiger partial charge in [0, 0.05) is 12.4 Å². The Morgan fingerprint density at radius 1 is 1.35 bits per heavy atom. The number of aromatic nitrogens is 4. The van der Waals surface area contributed by atoms with Crippen LogP contribution in [0.25, 0.3) is 11.2 Å². The lowest BCUT2D eigenvalue weighted by atomic mass is 10.0. The first kappa shape index (κ1) is 10.8. The minimum Gasteiger partial charge on any atom is -0.368 e. The van der Waals surface area contributed by atoms with Gasteiger partial charge in [0.05, 0.1) is 6.33 Å². The van der Waals surface area contributed by atoms with Crippen LogP contribution in [0.3, 0.4) is 0 Å². The normalized spacial score (nSPS) is 17.2. The number of rotatable bonds is 5. The van der Waals surface area contributed by atoms with Crippen molar-refractivity contribution in [1.29, 1.82) is 0 Å². The molecule has 1 aliphatic rings. The number of nitrogens with zero attached hydrogens (tertiary/aromatic N) is 3. The topological polar surface area (TPSA) is 66.5 Å². The number of alkyl halides is 1. The Morgan fingerprint density at radius 2 is 2.24 bits per heavy atom. The SMILES string of the molecule is ClCCC1(CNc2ncnc3nc[nH]c23)CC1. The largest absolute Gasteiger partial charge is 0.368 e. The van der Waals surface area contributed by atoms with Crippen LogP contribution in [-0.4, -0.2) is 32.4 Å². The quantitative estimate of drug-likeness (QED) is 0.800. The summed E-state index contributed by atoms with van der Waals surface area (Å²) in [6.45, 7) is 0.921. The Balaban J connectivity index is 1.75. The minimum atomic E-state index is 0.388. The van der Waals surface area contributed by atoms with Gasteiger partial charge >= 0.3 is 0 Å². The summed E-state index contributed by atoms with van der Waals surface area (Å²) in [4.78, 5) is 15.5. The molecule has 0 bridgehead atoms. The third-order valence-electron chi connectivity index (χ3n) is 3.44. The monoisotopic (exact) mass is 251 g/mol. The molecule has 1 fully saturated rings. The fourth-order valence-electron chi connectivity index (χ4n) is 2.06. The molecule has 17 heavy (non-hydrogen) atoms. The fraction of sp³-hybridized carbons (Fsp3) is 0.545. The van der Waals surface area contributed by atoms with Crippen molar-refractivity contribution in [2.75, 3.05) is 17.7 Å². The number of hydrogen-bond donors (Lipinski definition) is 2. The van der Waals surface area contributed by atoms with Gasteiger partial charge in [-0.1, -0.05) is 0 Å². The molecule has 0 radical (unpaired) electrons. The van der Waals surface area contributed by atoms with Crippen molar-refractivity contribution in [1.82, 2.24) is 19.9 Å². The second kappa shape index (κ2) is 4.14. The highest BCUT2D eigenvalue weighted by Crippen LogP contribution is 2.48. The van der Waals surface area contributed by atoms with Gasteiger partial charge in [-0.25, -0.2) is 15.0 Å². The number of anilines is 1.